The van der Waals surface area contributed by atoms with Crippen LogP contribution in [0.2, 0.25) is 0 Å². The molecule has 4 rings (SSSR count). The molecule has 0 spiro atoms. The van der Waals surface area contributed by atoms with E-state index in [9.17, 15) is 14.4 Å². The van der Waals surface area contributed by atoms with Crippen LogP contribution in [0.3, 0.4) is 0 Å². The fourth-order valence-electron chi connectivity index (χ4n) is 3.05. The molecule has 0 bridgehead atoms. The van der Waals surface area contributed by atoms with E-state index in [1.165, 1.54) is 18.0 Å². The van der Waals surface area contributed by atoms with E-state index >= 15 is 0 Å². The Morgan fingerprint density at radius 1 is 1.25 bits per heavy atom. The van der Waals surface area contributed by atoms with Gasteiger partial charge in [-0.3, -0.25) is 23.9 Å². The van der Waals surface area contributed by atoms with E-state index in [0.717, 1.165) is 0 Å². The van der Waals surface area contributed by atoms with Crippen molar-refractivity contribution in [2.24, 2.45) is 0 Å². The topological polar surface area (TPSA) is 106 Å². The van der Waals surface area contributed by atoms with Crippen LogP contribution in [0.15, 0.2) is 49.1 Å². The first-order valence-electron chi connectivity index (χ1n) is 8.67. The number of carbonyl (C=O) groups is 3. The molecule has 2 amide bonds. The molecule has 2 aromatic heterocycles. The number of benzene rings is 1. The van der Waals surface area contributed by atoms with Crippen molar-refractivity contribution in [3.63, 3.8) is 0 Å². The van der Waals surface area contributed by atoms with Crippen LogP contribution in [0.4, 0.5) is 10.5 Å². The van der Waals surface area contributed by atoms with Gasteiger partial charge in [0.1, 0.15) is 11.8 Å². The fraction of sp³-hybridized carbons (Fsp3) is 0.211. The van der Waals surface area contributed by atoms with E-state index < -0.39 is 12.2 Å². The summed E-state index contributed by atoms with van der Waals surface area (Å²) in [5.41, 5.74) is 2.12. The normalized spacial score (nSPS) is 16.2. The molecule has 0 unspecified atom stereocenters. The van der Waals surface area contributed by atoms with Gasteiger partial charge in [0.15, 0.2) is 5.65 Å². The zero-order valence-electron chi connectivity index (χ0n) is 15.0. The predicted molar refractivity (Wildman–Crippen MR) is 99.2 cm³/mol. The number of ether oxygens (including phenoxy) is 1. The fourth-order valence-corrected chi connectivity index (χ4v) is 3.05. The van der Waals surface area contributed by atoms with Crippen molar-refractivity contribution in [1.29, 1.82) is 0 Å². The summed E-state index contributed by atoms with van der Waals surface area (Å²) in [7, 11) is 0. The molecule has 1 N–H and O–H groups in total. The van der Waals surface area contributed by atoms with E-state index in [0.29, 0.717) is 29.1 Å². The average Bonchev–Trinajstić information content (AvgIpc) is 3.29. The largest absolute Gasteiger partial charge is 0.442 e. The molecule has 1 aromatic carbocycles. The Morgan fingerprint density at radius 3 is 2.79 bits per heavy atom. The van der Waals surface area contributed by atoms with Crippen LogP contribution in [-0.4, -0.2) is 51.3 Å². The maximum atomic E-state index is 12.8. The monoisotopic (exact) mass is 379 g/mol. The van der Waals surface area contributed by atoms with Gasteiger partial charge in [0.2, 0.25) is 11.7 Å². The molecule has 142 valence electrons. The highest BCUT2D eigenvalue weighted by atomic mass is 16.6. The number of anilines is 1. The van der Waals surface area contributed by atoms with Gasteiger partial charge in [0, 0.05) is 30.6 Å². The third-order valence-corrected chi connectivity index (χ3v) is 4.44. The van der Waals surface area contributed by atoms with Crippen LogP contribution in [0.25, 0.3) is 5.65 Å². The summed E-state index contributed by atoms with van der Waals surface area (Å²) in [6, 6.07) is 6.71. The van der Waals surface area contributed by atoms with Crippen LogP contribution in [0.5, 0.6) is 0 Å². The minimum atomic E-state index is -0.483. The standard InChI is InChI=1S/C19H17N5O4/c1-12(25)21-8-15-11-24(19(27)28-15)14-4-2-13(3-5-14)18(26)16-9-22-17-10-20-6-7-23(16)17/h2-7,9-10,15H,8,11H2,1H3,(H,21,25)/t15-/m0/s1. The minimum absolute atomic E-state index is 0.180. The molecule has 28 heavy (non-hydrogen) atoms. The van der Waals surface area contributed by atoms with Crippen molar-refractivity contribution in [3.05, 3.63) is 60.3 Å². The molecule has 0 radical (unpaired) electrons. The third kappa shape index (κ3) is 3.29. The summed E-state index contributed by atoms with van der Waals surface area (Å²) in [6.07, 6.45) is 5.46. The van der Waals surface area contributed by atoms with Gasteiger partial charge >= 0.3 is 6.09 Å². The van der Waals surface area contributed by atoms with Crippen molar-refractivity contribution < 1.29 is 19.1 Å². The van der Waals surface area contributed by atoms with E-state index in [-0.39, 0.29) is 18.2 Å². The Balaban J connectivity index is 1.50. The number of hydrogen-bond acceptors (Lipinski definition) is 6. The number of nitrogens with zero attached hydrogens (tertiary/aromatic N) is 4. The average molecular weight is 379 g/mol. The van der Waals surface area contributed by atoms with Gasteiger partial charge in [-0.1, -0.05) is 0 Å². The van der Waals surface area contributed by atoms with E-state index in [4.69, 9.17) is 4.74 Å². The number of imidazole rings is 1. The Labute approximate surface area is 160 Å². The second-order valence-corrected chi connectivity index (χ2v) is 6.38. The Kier molecular flexibility index (Phi) is 4.48. The summed E-state index contributed by atoms with van der Waals surface area (Å²) in [5, 5.41) is 2.63. The van der Waals surface area contributed by atoms with Gasteiger partial charge in [-0.15, -0.1) is 0 Å². The lowest BCUT2D eigenvalue weighted by Crippen LogP contribution is -2.33. The van der Waals surface area contributed by atoms with Gasteiger partial charge in [-0.25, -0.2) is 9.78 Å². The molecule has 1 fully saturated rings. The SMILES string of the molecule is CC(=O)NC[C@H]1CN(c2ccc(C(=O)c3cnc4cnccn34)cc2)C(=O)O1. The zero-order valence-corrected chi connectivity index (χ0v) is 15.0. The number of cyclic esters (lactones) is 1. The number of hydrogen-bond donors (Lipinski definition) is 1. The minimum Gasteiger partial charge on any atom is -0.442 e. The zero-order chi connectivity index (χ0) is 19.7. The van der Waals surface area contributed by atoms with Crippen molar-refractivity contribution in [3.8, 4) is 0 Å². The van der Waals surface area contributed by atoms with Crippen molar-refractivity contribution in [1.82, 2.24) is 19.7 Å². The number of amides is 2. The first-order valence-corrected chi connectivity index (χ1v) is 8.67. The number of rotatable bonds is 5. The summed E-state index contributed by atoms with van der Waals surface area (Å²) in [5.74, 6) is -0.363. The van der Waals surface area contributed by atoms with Gasteiger partial charge in [0.05, 0.1) is 25.5 Å². The summed E-state index contributed by atoms with van der Waals surface area (Å²) >= 11 is 0. The molecule has 1 aliphatic heterocycles. The number of aromatic nitrogens is 3. The van der Waals surface area contributed by atoms with Crippen LogP contribution in [0.1, 0.15) is 23.0 Å². The van der Waals surface area contributed by atoms with Crippen molar-refractivity contribution in [2.75, 3.05) is 18.0 Å². The second-order valence-electron chi connectivity index (χ2n) is 6.38. The molecular weight excluding hydrogens is 362 g/mol. The van der Waals surface area contributed by atoms with Crippen LogP contribution >= 0.6 is 0 Å². The molecular formula is C19H17N5O4. The smallest absolute Gasteiger partial charge is 0.414 e. The number of carbonyl (C=O) groups excluding carboxylic acids is 3. The summed E-state index contributed by atoms with van der Waals surface area (Å²) < 4.78 is 6.93. The molecule has 0 aliphatic carbocycles. The van der Waals surface area contributed by atoms with Crippen LogP contribution in [0, 0.1) is 0 Å². The quantitative estimate of drug-likeness (QED) is 0.672. The van der Waals surface area contributed by atoms with Crippen LogP contribution in [-0.2, 0) is 9.53 Å². The van der Waals surface area contributed by atoms with Gasteiger partial charge < -0.3 is 10.1 Å². The molecule has 3 aromatic rings. The Hall–Kier alpha value is -3.75. The van der Waals surface area contributed by atoms with E-state index in [1.807, 2.05) is 0 Å². The molecule has 1 atom stereocenters. The summed E-state index contributed by atoms with van der Waals surface area (Å²) in [6.45, 7) is 1.99. The lowest BCUT2D eigenvalue weighted by atomic mass is 10.1. The second kappa shape index (κ2) is 7.10. The highest BCUT2D eigenvalue weighted by molar-refractivity contribution is 6.08. The third-order valence-electron chi connectivity index (χ3n) is 4.44. The van der Waals surface area contributed by atoms with Gasteiger partial charge in [0.25, 0.3) is 0 Å². The molecule has 1 saturated heterocycles. The Morgan fingerprint density at radius 2 is 2.04 bits per heavy atom. The molecule has 9 nitrogen and oxygen atoms in total. The van der Waals surface area contributed by atoms with E-state index in [2.05, 4.69) is 15.3 Å². The first kappa shape index (κ1) is 17.7. The molecule has 3 heterocycles. The lowest BCUT2D eigenvalue weighted by Gasteiger charge is -2.13. The lowest BCUT2D eigenvalue weighted by molar-refractivity contribution is -0.119. The van der Waals surface area contributed by atoms with E-state index in [1.54, 1.807) is 47.3 Å². The number of ketones is 1. The van der Waals surface area contributed by atoms with Crippen molar-refractivity contribution in [2.45, 2.75) is 13.0 Å². The first-order chi connectivity index (χ1) is 13.5. The molecule has 1 aliphatic rings. The van der Waals surface area contributed by atoms with Crippen molar-refractivity contribution >= 4 is 29.1 Å². The number of nitrogens with one attached hydrogen (secondary N) is 1. The highest BCUT2D eigenvalue weighted by Gasteiger charge is 2.32. The summed E-state index contributed by atoms with van der Waals surface area (Å²) in [4.78, 5) is 45.5. The highest BCUT2D eigenvalue weighted by Crippen LogP contribution is 2.23. The van der Waals surface area contributed by atoms with Gasteiger partial charge in [-0.05, 0) is 24.3 Å². The number of fused-ring (bicyclic) bond motifs is 1. The maximum Gasteiger partial charge on any atom is 0.414 e. The maximum absolute atomic E-state index is 12.8. The molecule has 9 heteroatoms. The van der Waals surface area contributed by atoms with Crippen LogP contribution < -0.4 is 10.2 Å². The van der Waals surface area contributed by atoms with Gasteiger partial charge in [-0.2, -0.15) is 0 Å². The predicted octanol–water partition coefficient (Wildman–Crippen LogP) is 1.42. The molecule has 0 saturated carbocycles. The Bertz CT molecular complexity index is 1060.